The van der Waals surface area contributed by atoms with Gasteiger partial charge in [0.1, 0.15) is 5.75 Å². The molecule has 6 nitrogen and oxygen atoms in total. The van der Waals surface area contributed by atoms with Crippen molar-refractivity contribution in [2.45, 2.75) is 39.2 Å². The summed E-state index contributed by atoms with van der Waals surface area (Å²) in [5.41, 5.74) is 6.75. The molecule has 6 heteroatoms. The van der Waals surface area contributed by atoms with Crippen LogP contribution >= 0.6 is 0 Å². The molecule has 0 saturated heterocycles. The maximum absolute atomic E-state index is 12.3. The predicted octanol–water partition coefficient (Wildman–Crippen LogP) is 3.03. The normalized spacial score (nSPS) is 13.2. The highest BCUT2D eigenvalue weighted by Crippen LogP contribution is 2.25. The number of nitrogens with zero attached hydrogens (tertiary/aromatic N) is 2. The summed E-state index contributed by atoms with van der Waals surface area (Å²) < 4.78 is 5.57. The van der Waals surface area contributed by atoms with Crippen LogP contribution in [0.1, 0.15) is 32.3 Å². The van der Waals surface area contributed by atoms with Gasteiger partial charge >= 0.3 is 6.01 Å². The first-order valence-corrected chi connectivity index (χ1v) is 7.58. The zero-order valence-corrected chi connectivity index (χ0v) is 13.7. The molecule has 0 radical (unpaired) electrons. The number of carbonyl (C=O) groups excluding carboxylic acids is 1. The summed E-state index contributed by atoms with van der Waals surface area (Å²) in [6.07, 6.45) is 4.70. The minimum absolute atomic E-state index is 0.192. The molecular weight excluding hydrogens is 292 g/mol. The van der Waals surface area contributed by atoms with Crippen LogP contribution < -0.4 is 15.8 Å². The highest BCUT2D eigenvalue weighted by molar-refractivity contribution is 5.98. The lowest BCUT2D eigenvalue weighted by molar-refractivity contribution is -0.120. The second kappa shape index (κ2) is 7.19. The van der Waals surface area contributed by atoms with Gasteiger partial charge < -0.3 is 15.8 Å². The van der Waals surface area contributed by atoms with Gasteiger partial charge in [-0.05, 0) is 50.1 Å². The van der Waals surface area contributed by atoms with Crippen LogP contribution in [-0.4, -0.2) is 21.4 Å². The number of aromatic nitrogens is 2. The van der Waals surface area contributed by atoms with Crippen LogP contribution in [0.25, 0.3) is 0 Å². The van der Waals surface area contributed by atoms with Crippen LogP contribution in [0.3, 0.4) is 0 Å². The van der Waals surface area contributed by atoms with E-state index in [1.165, 1.54) is 0 Å². The van der Waals surface area contributed by atoms with Crippen LogP contribution in [-0.2, 0) is 4.79 Å². The lowest BCUT2D eigenvalue weighted by Crippen LogP contribution is -2.48. The van der Waals surface area contributed by atoms with Gasteiger partial charge in [-0.15, -0.1) is 0 Å². The number of amides is 1. The molecule has 122 valence electrons. The second-order valence-corrected chi connectivity index (χ2v) is 5.73. The number of aryl methyl sites for hydroxylation is 1. The van der Waals surface area contributed by atoms with Crippen LogP contribution in [0.15, 0.2) is 36.7 Å². The molecule has 1 unspecified atom stereocenters. The molecule has 1 atom stereocenters. The van der Waals surface area contributed by atoms with E-state index >= 15 is 0 Å². The van der Waals surface area contributed by atoms with E-state index in [1.807, 2.05) is 19.9 Å². The number of nitrogens with two attached hydrogens (primary N) is 1. The van der Waals surface area contributed by atoms with E-state index in [0.717, 1.165) is 12.0 Å². The lowest BCUT2D eigenvalue weighted by atomic mass is 9.96. The average Bonchev–Trinajstić information content (AvgIpc) is 2.51. The molecule has 23 heavy (non-hydrogen) atoms. The summed E-state index contributed by atoms with van der Waals surface area (Å²) in [5, 5.41) is 2.88. The molecule has 2 rings (SSSR count). The van der Waals surface area contributed by atoms with Gasteiger partial charge in [-0.3, -0.25) is 4.79 Å². The average molecular weight is 314 g/mol. The Morgan fingerprint density at radius 2 is 2.04 bits per heavy atom. The van der Waals surface area contributed by atoms with Gasteiger partial charge in [-0.1, -0.05) is 13.3 Å². The first kappa shape index (κ1) is 16.9. The molecule has 0 aliphatic heterocycles. The predicted molar refractivity (Wildman–Crippen MR) is 89.4 cm³/mol. The molecule has 0 bridgehead atoms. The Kier molecular flexibility index (Phi) is 5.28. The summed E-state index contributed by atoms with van der Waals surface area (Å²) in [7, 11) is 0. The summed E-state index contributed by atoms with van der Waals surface area (Å²) in [6.45, 7) is 5.63. The molecule has 1 aromatic heterocycles. The van der Waals surface area contributed by atoms with Crippen LogP contribution in [0.4, 0.5) is 5.69 Å². The van der Waals surface area contributed by atoms with E-state index in [0.29, 0.717) is 17.9 Å². The Labute approximate surface area is 136 Å². The van der Waals surface area contributed by atoms with Gasteiger partial charge in [0, 0.05) is 18.1 Å². The topological polar surface area (TPSA) is 90.1 Å². The minimum Gasteiger partial charge on any atom is -0.424 e. The van der Waals surface area contributed by atoms with Crippen molar-refractivity contribution in [2.75, 3.05) is 5.32 Å². The van der Waals surface area contributed by atoms with E-state index in [4.69, 9.17) is 10.5 Å². The van der Waals surface area contributed by atoms with Gasteiger partial charge in [0.25, 0.3) is 0 Å². The summed E-state index contributed by atoms with van der Waals surface area (Å²) >= 11 is 0. The third-order valence-electron chi connectivity index (χ3n) is 3.49. The molecule has 1 heterocycles. The zero-order valence-electron chi connectivity index (χ0n) is 13.7. The standard InChI is InChI=1S/C17H22N4O2/c1-4-8-17(3,18)15(22)21-14-7-6-13(11-12(14)2)23-16-19-9-5-10-20-16/h5-7,9-11H,4,8,18H2,1-3H3,(H,21,22). The number of benzene rings is 1. The van der Waals surface area contributed by atoms with E-state index < -0.39 is 5.54 Å². The number of ether oxygens (including phenoxy) is 1. The fourth-order valence-electron chi connectivity index (χ4n) is 2.18. The van der Waals surface area contributed by atoms with Crippen molar-refractivity contribution in [3.05, 3.63) is 42.2 Å². The minimum atomic E-state index is -0.881. The highest BCUT2D eigenvalue weighted by atomic mass is 16.5. The SMILES string of the molecule is CCCC(C)(N)C(=O)Nc1ccc(Oc2ncccn2)cc1C. The quantitative estimate of drug-likeness (QED) is 0.855. The van der Waals surface area contributed by atoms with Gasteiger partial charge in [0.2, 0.25) is 5.91 Å². The Morgan fingerprint density at radius 1 is 1.35 bits per heavy atom. The maximum Gasteiger partial charge on any atom is 0.321 e. The fourth-order valence-corrected chi connectivity index (χ4v) is 2.18. The molecule has 0 aliphatic rings. The van der Waals surface area contributed by atoms with Crippen LogP contribution in [0.2, 0.25) is 0 Å². The third-order valence-corrected chi connectivity index (χ3v) is 3.49. The van der Waals surface area contributed by atoms with E-state index in [-0.39, 0.29) is 11.9 Å². The summed E-state index contributed by atoms with van der Waals surface area (Å²) in [4.78, 5) is 20.3. The molecule has 0 saturated carbocycles. The molecule has 2 aromatic rings. The fraction of sp³-hybridized carbons (Fsp3) is 0.353. The van der Waals surface area contributed by atoms with Crippen molar-refractivity contribution >= 4 is 11.6 Å². The monoisotopic (exact) mass is 314 g/mol. The van der Waals surface area contributed by atoms with Crippen molar-refractivity contribution in [2.24, 2.45) is 5.73 Å². The maximum atomic E-state index is 12.3. The first-order valence-electron chi connectivity index (χ1n) is 7.58. The molecule has 1 amide bonds. The Morgan fingerprint density at radius 3 is 2.65 bits per heavy atom. The smallest absolute Gasteiger partial charge is 0.321 e. The molecule has 1 aromatic carbocycles. The number of hydrogen-bond acceptors (Lipinski definition) is 5. The van der Waals surface area contributed by atoms with E-state index in [2.05, 4.69) is 15.3 Å². The second-order valence-electron chi connectivity index (χ2n) is 5.73. The Hall–Kier alpha value is -2.47. The number of nitrogens with one attached hydrogen (secondary N) is 1. The zero-order chi connectivity index (χ0) is 16.9. The number of carbonyl (C=O) groups is 1. The molecule has 0 spiro atoms. The van der Waals surface area contributed by atoms with Gasteiger partial charge in [-0.2, -0.15) is 0 Å². The Bertz CT molecular complexity index is 672. The molecular formula is C17H22N4O2. The molecule has 3 N–H and O–H groups in total. The summed E-state index contributed by atoms with van der Waals surface area (Å²) in [6, 6.07) is 7.36. The number of rotatable bonds is 6. The van der Waals surface area contributed by atoms with Crippen LogP contribution in [0, 0.1) is 6.92 Å². The van der Waals surface area contributed by atoms with Crippen molar-refractivity contribution in [3.8, 4) is 11.8 Å². The molecule has 0 aliphatic carbocycles. The van der Waals surface area contributed by atoms with E-state index in [9.17, 15) is 4.79 Å². The van der Waals surface area contributed by atoms with E-state index in [1.54, 1.807) is 37.5 Å². The largest absolute Gasteiger partial charge is 0.424 e. The van der Waals surface area contributed by atoms with Crippen molar-refractivity contribution in [1.82, 2.24) is 9.97 Å². The summed E-state index contributed by atoms with van der Waals surface area (Å²) in [5.74, 6) is 0.415. The van der Waals surface area contributed by atoms with Crippen molar-refractivity contribution in [3.63, 3.8) is 0 Å². The highest BCUT2D eigenvalue weighted by Gasteiger charge is 2.27. The van der Waals surface area contributed by atoms with Crippen LogP contribution in [0.5, 0.6) is 11.8 Å². The molecule has 0 fully saturated rings. The number of hydrogen-bond donors (Lipinski definition) is 2. The van der Waals surface area contributed by atoms with Crippen molar-refractivity contribution in [1.29, 1.82) is 0 Å². The lowest BCUT2D eigenvalue weighted by Gasteiger charge is -2.23. The first-order chi connectivity index (χ1) is 10.9. The van der Waals surface area contributed by atoms with Gasteiger partial charge in [0.05, 0.1) is 5.54 Å². The van der Waals surface area contributed by atoms with Gasteiger partial charge in [0.15, 0.2) is 0 Å². The van der Waals surface area contributed by atoms with Crippen molar-refractivity contribution < 1.29 is 9.53 Å². The third kappa shape index (κ3) is 4.50. The van der Waals surface area contributed by atoms with Gasteiger partial charge in [-0.25, -0.2) is 9.97 Å². The number of anilines is 1. The Balaban J connectivity index is 2.09.